The van der Waals surface area contributed by atoms with Crippen LogP contribution < -0.4 is 5.32 Å². The van der Waals surface area contributed by atoms with Crippen LogP contribution in [-0.2, 0) is 6.42 Å². The Morgan fingerprint density at radius 2 is 1.95 bits per heavy atom. The van der Waals surface area contributed by atoms with Crippen molar-refractivity contribution in [3.05, 3.63) is 35.4 Å². The summed E-state index contributed by atoms with van der Waals surface area (Å²) in [6.07, 6.45) is 1.18. The van der Waals surface area contributed by atoms with Crippen molar-refractivity contribution in [3.8, 4) is 0 Å². The molecule has 1 aliphatic heterocycles. The van der Waals surface area contributed by atoms with E-state index in [1.54, 1.807) is 0 Å². The molecule has 3 nitrogen and oxygen atoms in total. The third kappa shape index (κ3) is 3.01. The van der Waals surface area contributed by atoms with Crippen molar-refractivity contribution < 1.29 is 0 Å². The van der Waals surface area contributed by atoms with Gasteiger partial charge < -0.3 is 10.2 Å². The lowest BCUT2D eigenvalue weighted by Gasteiger charge is -2.39. The second-order valence-corrected chi connectivity index (χ2v) is 7.60. The zero-order chi connectivity index (χ0) is 15.0. The highest BCUT2D eigenvalue weighted by Gasteiger charge is 2.38. The second-order valence-electron chi connectivity index (χ2n) is 7.60. The molecule has 21 heavy (non-hydrogen) atoms. The van der Waals surface area contributed by atoms with Gasteiger partial charge in [0.05, 0.1) is 0 Å². The summed E-state index contributed by atoms with van der Waals surface area (Å²) in [5.41, 5.74) is 3.34. The van der Waals surface area contributed by atoms with E-state index in [-0.39, 0.29) is 0 Å². The summed E-state index contributed by atoms with van der Waals surface area (Å²) in [5, 5.41) is 3.88. The predicted molar refractivity (Wildman–Crippen MR) is 88.6 cm³/mol. The van der Waals surface area contributed by atoms with Crippen molar-refractivity contribution in [1.82, 2.24) is 15.1 Å². The van der Waals surface area contributed by atoms with Gasteiger partial charge in [-0.1, -0.05) is 38.1 Å². The quantitative estimate of drug-likeness (QED) is 0.919. The third-order valence-corrected chi connectivity index (χ3v) is 5.33. The minimum Gasteiger partial charge on any atom is -0.308 e. The third-order valence-electron chi connectivity index (χ3n) is 5.33. The van der Waals surface area contributed by atoms with E-state index in [9.17, 15) is 0 Å². The van der Waals surface area contributed by atoms with Gasteiger partial charge in [0.1, 0.15) is 0 Å². The first-order chi connectivity index (χ1) is 9.97. The summed E-state index contributed by atoms with van der Waals surface area (Å²) in [6, 6.07) is 10.0. The topological polar surface area (TPSA) is 18.5 Å². The number of likely N-dealkylation sites (N-methyl/N-ethyl adjacent to an activating group) is 2. The van der Waals surface area contributed by atoms with E-state index in [2.05, 4.69) is 67.3 Å². The largest absolute Gasteiger partial charge is 0.308 e. The summed E-state index contributed by atoms with van der Waals surface area (Å²) in [7, 11) is 4.49. The molecule has 1 heterocycles. The maximum absolute atomic E-state index is 3.88. The Morgan fingerprint density at radius 3 is 2.76 bits per heavy atom. The molecular formula is C18H29N3. The molecule has 0 radical (unpaired) electrons. The second kappa shape index (κ2) is 5.71. The molecule has 0 aromatic heterocycles. The van der Waals surface area contributed by atoms with Gasteiger partial charge >= 0.3 is 0 Å². The highest BCUT2D eigenvalue weighted by Crippen LogP contribution is 2.44. The maximum Gasteiger partial charge on any atom is 0.0378 e. The number of nitrogens with one attached hydrogen (secondary N) is 1. The first-order valence-electron chi connectivity index (χ1n) is 8.17. The zero-order valence-corrected chi connectivity index (χ0v) is 13.9. The smallest absolute Gasteiger partial charge is 0.0378 e. The summed E-state index contributed by atoms with van der Waals surface area (Å²) in [4.78, 5) is 4.95. The van der Waals surface area contributed by atoms with E-state index in [1.807, 2.05) is 0 Å². The average molecular weight is 287 g/mol. The Hall–Kier alpha value is -0.900. The van der Waals surface area contributed by atoms with Gasteiger partial charge in [0.15, 0.2) is 0 Å². The van der Waals surface area contributed by atoms with Gasteiger partial charge in [-0.3, -0.25) is 4.90 Å². The van der Waals surface area contributed by atoms with Crippen LogP contribution in [0, 0.1) is 5.41 Å². The molecule has 0 bridgehead atoms. The van der Waals surface area contributed by atoms with Crippen molar-refractivity contribution in [2.75, 3.05) is 40.3 Å². The van der Waals surface area contributed by atoms with Crippen LogP contribution in [0.5, 0.6) is 0 Å². The van der Waals surface area contributed by atoms with E-state index < -0.39 is 0 Å². The Labute approximate surface area is 129 Å². The van der Waals surface area contributed by atoms with Crippen LogP contribution >= 0.6 is 0 Å². The first-order valence-corrected chi connectivity index (χ1v) is 8.17. The van der Waals surface area contributed by atoms with Crippen molar-refractivity contribution in [1.29, 1.82) is 0 Å². The average Bonchev–Trinajstić information content (AvgIpc) is 2.69. The number of benzene rings is 1. The van der Waals surface area contributed by atoms with Crippen LogP contribution in [0.25, 0.3) is 0 Å². The van der Waals surface area contributed by atoms with Crippen LogP contribution in [0.3, 0.4) is 0 Å². The molecule has 0 saturated carbocycles. The SMILES string of the molecule is CN1CCN(C)C(CNC2c3ccccc3CC2(C)C)C1. The van der Waals surface area contributed by atoms with E-state index in [4.69, 9.17) is 0 Å². The fourth-order valence-electron chi connectivity index (χ4n) is 3.95. The number of hydrogen-bond donors (Lipinski definition) is 1. The van der Waals surface area contributed by atoms with Gasteiger partial charge in [0.25, 0.3) is 0 Å². The first kappa shape index (κ1) is 15.0. The molecule has 0 spiro atoms. The summed E-state index contributed by atoms with van der Waals surface area (Å²) in [5.74, 6) is 0. The highest BCUT2D eigenvalue weighted by atomic mass is 15.3. The molecule has 116 valence electrons. The van der Waals surface area contributed by atoms with Crippen molar-refractivity contribution in [2.45, 2.75) is 32.4 Å². The number of rotatable bonds is 3. The number of hydrogen-bond acceptors (Lipinski definition) is 3. The Kier molecular flexibility index (Phi) is 4.08. The van der Waals surface area contributed by atoms with E-state index in [0.717, 1.165) is 13.1 Å². The van der Waals surface area contributed by atoms with Gasteiger partial charge in [-0.2, -0.15) is 0 Å². The molecular weight excluding hydrogens is 258 g/mol. The lowest BCUT2D eigenvalue weighted by molar-refractivity contribution is 0.106. The van der Waals surface area contributed by atoms with Crippen LogP contribution in [0.1, 0.15) is 31.0 Å². The molecule has 0 amide bonds. The Balaban J connectivity index is 1.69. The van der Waals surface area contributed by atoms with E-state index in [1.165, 1.54) is 30.6 Å². The van der Waals surface area contributed by atoms with Crippen LogP contribution in [0.2, 0.25) is 0 Å². The van der Waals surface area contributed by atoms with Gasteiger partial charge in [-0.15, -0.1) is 0 Å². The van der Waals surface area contributed by atoms with Gasteiger partial charge in [-0.25, -0.2) is 0 Å². The number of nitrogens with zero attached hydrogens (tertiary/aromatic N) is 2. The molecule has 2 unspecified atom stereocenters. The maximum atomic E-state index is 3.88. The summed E-state index contributed by atoms with van der Waals surface area (Å²) in [6.45, 7) is 9.38. The van der Waals surface area contributed by atoms with Crippen LogP contribution in [0.4, 0.5) is 0 Å². The molecule has 3 rings (SSSR count). The minimum atomic E-state index is 0.308. The normalized spacial score (nSPS) is 29.5. The van der Waals surface area contributed by atoms with E-state index in [0.29, 0.717) is 17.5 Å². The molecule has 1 saturated heterocycles. The lowest BCUT2D eigenvalue weighted by atomic mass is 9.85. The zero-order valence-electron chi connectivity index (χ0n) is 13.9. The fraction of sp³-hybridized carbons (Fsp3) is 0.667. The number of fused-ring (bicyclic) bond motifs is 1. The molecule has 1 N–H and O–H groups in total. The Bertz CT molecular complexity index is 497. The predicted octanol–water partition coefficient (Wildman–Crippen LogP) is 2.15. The molecule has 2 aliphatic rings. The number of piperazine rings is 1. The van der Waals surface area contributed by atoms with Crippen LogP contribution in [0.15, 0.2) is 24.3 Å². The van der Waals surface area contributed by atoms with Gasteiger partial charge in [0.2, 0.25) is 0 Å². The minimum absolute atomic E-state index is 0.308. The fourth-order valence-corrected chi connectivity index (χ4v) is 3.95. The van der Waals surface area contributed by atoms with Crippen molar-refractivity contribution in [2.24, 2.45) is 5.41 Å². The summed E-state index contributed by atoms with van der Waals surface area (Å²) >= 11 is 0. The van der Waals surface area contributed by atoms with Crippen molar-refractivity contribution >= 4 is 0 Å². The molecule has 2 atom stereocenters. The monoisotopic (exact) mass is 287 g/mol. The molecule has 3 heteroatoms. The standard InChI is InChI=1S/C18H29N3/c1-18(2)11-14-7-5-6-8-16(14)17(18)19-12-15-13-20(3)9-10-21(15)4/h5-8,15,17,19H,9-13H2,1-4H3. The molecule has 1 aromatic rings. The molecule has 1 fully saturated rings. The molecule has 1 aromatic carbocycles. The Morgan fingerprint density at radius 1 is 1.19 bits per heavy atom. The highest BCUT2D eigenvalue weighted by molar-refractivity contribution is 5.37. The lowest BCUT2D eigenvalue weighted by Crippen LogP contribution is -2.54. The van der Waals surface area contributed by atoms with Crippen LogP contribution in [-0.4, -0.2) is 56.1 Å². The van der Waals surface area contributed by atoms with E-state index >= 15 is 0 Å². The van der Waals surface area contributed by atoms with Gasteiger partial charge in [-0.05, 0) is 37.1 Å². The van der Waals surface area contributed by atoms with Gasteiger partial charge in [0, 0.05) is 38.3 Å². The van der Waals surface area contributed by atoms with Crippen molar-refractivity contribution in [3.63, 3.8) is 0 Å². The summed E-state index contributed by atoms with van der Waals surface area (Å²) < 4.78 is 0. The molecule has 1 aliphatic carbocycles.